The van der Waals surface area contributed by atoms with Gasteiger partial charge in [-0.15, -0.1) is 0 Å². The summed E-state index contributed by atoms with van der Waals surface area (Å²) >= 11 is 0. The summed E-state index contributed by atoms with van der Waals surface area (Å²) in [5, 5.41) is 0. The molecule has 0 spiro atoms. The Morgan fingerprint density at radius 1 is 1.14 bits per heavy atom. The first-order valence-corrected chi connectivity index (χ1v) is 7.69. The van der Waals surface area contributed by atoms with Gasteiger partial charge < -0.3 is 26.8 Å². The molecule has 3 aliphatic rings. The van der Waals surface area contributed by atoms with Crippen molar-refractivity contribution in [3.63, 3.8) is 0 Å². The normalized spacial score (nSPS) is 23.3. The molecule has 0 saturated carbocycles. The number of likely N-dealkylation sites (N-methyl/N-ethyl adjacent to an activating group) is 1. The van der Waals surface area contributed by atoms with E-state index < -0.39 is 0 Å². The lowest BCUT2D eigenvalue weighted by molar-refractivity contribution is -0.914. The molecule has 2 aromatic rings. The molecule has 2 aromatic carbocycles. The van der Waals surface area contributed by atoms with Crippen LogP contribution in [0.2, 0.25) is 0 Å². The zero-order valence-electron chi connectivity index (χ0n) is 12.5. The van der Waals surface area contributed by atoms with E-state index in [9.17, 15) is 0 Å². The largest absolute Gasteiger partial charge is 1.00 e. The second-order valence-electron chi connectivity index (χ2n) is 6.32. The monoisotopic (exact) mass is 315 g/mol. The summed E-state index contributed by atoms with van der Waals surface area (Å²) in [5.74, 6) is 1.89. The first-order chi connectivity index (χ1) is 10.3. The minimum absolute atomic E-state index is 0. The molecule has 5 rings (SSSR count). The molecule has 0 fully saturated rings. The van der Waals surface area contributed by atoms with Crippen LogP contribution < -0.4 is 26.8 Å². The SMILES string of the molecule is C[NH+]1CCc2cc3c(c4c2[C@H]1Cc1ccccc1-4)OCO3.[Cl-]. The van der Waals surface area contributed by atoms with Crippen LogP contribution in [0.1, 0.15) is 22.7 Å². The number of fused-ring (bicyclic) bond motifs is 4. The van der Waals surface area contributed by atoms with E-state index in [0.717, 1.165) is 24.3 Å². The Hall–Kier alpha value is -1.71. The Bertz CT molecular complexity index is 759. The van der Waals surface area contributed by atoms with Crippen LogP contribution in [0, 0.1) is 0 Å². The molecule has 1 N–H and O–H groups in total. The second kappa shape index (κ2) is 4.90. The molecule has 0 aromatic heterocycles. The standard InChI is InChI=1S/C18H17NO2.ClH/c1-19-7-6-12-9-15-18(21-10-20-15)17-13-5-3-2-4-11(13)8-14(19)16(12)17;/h2-5,9,14H,6-8,10H2,1H3;1H/t14-;/m1./s1. The average molecular weight is 316 g/mol. The number of ether oxygens (including phenoxy) is 2. The fraction of sp³-hybridized carbons (Fsp3) is 0.333. The summed E-state index contributed by atoms with van der Waals surface area (Å²) in [6.07, 6.45) is 2.26. The van der Waals surface area contributed by atoms with E-state index in [0.29, 0.717) is 12.8 Å². The lowest BCUT2D eigenvalue weighted by atomic mass is 9.76. The summed E-state index contributed by atoms with van der Waals surface area (Å²) in [6, 6.07) is 11.5. The summed E-state index contributed by atoms with van der Waals surface area (Å²) in [5.41, 5.74) is 7.03. The second-order valence-corrected chi connectivity index (χ2v) is 6.32. The number of quaternary nitrogens is 1. The molecule has 114 valence electrons. The zero-order valence-corrected chi connectivity index (χ0v) is 13.2. The van der Waals surface area contributed by atoms with Crippen LogP contribution in [0.5, 0.6) is 11.5 Å². The van der Waals surface area contributed by atoms with E-state index in [1.807, 2.05) is 0 Å². The van der Waals surface area contributed by atoms with Crippen LogP contribution in [0.15, 0.2) is 30.3 Å². The van der Waals surface area contributed by atoms with Gasteiger partial charge in [0.05, 0.1) is 13.6 Å². The van der Waals surface area contributed by atoms with Crippen LogP contribution in [-0.2, 0) is 12.8 Å². The third kappa shape index (κ3) is 1.73. The summed E-state index contributed by atoms with van der Waals surface area (Å²) in [7, 11) is 2.32. The van der Waals surface area contributed by atoms with E-state index in [1.54, 1.807) is 4.90 Å². The van der Waals surface area contributed by atoms with E-state index in [2.05, 4.69) is 37.4 Å². The van der Waals surface area contributed by atoms with Crippen LogP contribution in [0.3, 0.4) is 0 Å². The molecule has 2 atom stereocenters. The van der Waals surface area contributed by atoms with Crippen molar-refractivity contribution in [1.29, 1.82) is 0 Å². The Balaban J connectivity index is 0.00000125. The maximum atomic E-state index is 5.83. The van der Waals surface area contributed by atoms with Gasteiger partial charge in [-0.1, -0.05) is 24.3 Å². The highest BCUT2D eigenvalue weighted by Gasteiger charge is 2.39. The van der Waals surface area contributed by atoms with Gasteiger partial charge in [0.1, 0.15) is 6.04 Å². The quantitative estimate of drug-likeness (QED) is 0.657. The maximum Gasteiger partial charge on any atom is 0.231 e. The molecule has 0 bridgehead atoms. The number of benzene rings is 2. The van der Waals surface area contributed by atoms with Gasteiger partial charge >= 0.3 is 0 Å². The number of rotatable bonds is 0. The van der Waals surface area contributed by atoms with Crippen molar-refractivity contribution >= 4 is 0 Å². The molecule has 2 aliphatic heterocycles. The number of halogens is 1. The van der Waals surface area contributed by atoms with Crippen molar-refractivity contribution in [2.45, 2.75) is 18.9 Å². The summed E-state index contributed by atoms with van der Waals surface area (Å²) in [6.45, 7) is 1.54. The minimum Gasteiger partial charge on any atom is -1.00 e. The van der Waals surface area contributed by atoms with Gasteiger partial charge in [0.2, 0.25) is 6.79 Å². The van der Waals surface area contributed by atoms with Crippen molar-refractivity contribution in [1.82, 2.24) is 0 Å². The molecule has 1 aliphatic carbocycles. The highest BCUT2D eigenvalue weighted by atomic mass is 35.5. The van der Waals surface area contributed by atoms with Crippen LogP contribution in [-0.4, -0.2) is 20.4 Å². The fourth-order valence-corrected chi connectivity index (χ4v) is 4.17. The Labute approximate surface area is 136 Å². The minimum atomic E-state index is 0. The van der Waals surface area contributed by atoms with E-state index in [4.69, 9.17) is 9.47 Å². The fourth-order valence-electron chi connectivity index (χ4n) is 4.17. The van der Waals surface area contributed by atoms with Crippen molar-refractivity contribution in [3.05, 3.63) is 47.0 Å². The maximum absolute atomic E-state index is 5.83. The highest BCUT2D eigenvalue weighted by molar-refractivity contribution is 5.83. The molecular formula is C18H18ClNO2. The molecule has 1 unspecified atom stereocenters. The lowest BCUT2D eigenvalue weighted by Crippen LogP contribution is -3.10. The van der Waals surface area contributed by atoms with E-state index >= 15 is 0 Å². The van der Waals surface area contributed by atoms with E-state index in [-0.39, 0.29) is 12.4 Å². The van der Waals surface area contributed by atoms with Crippen LogP contribution in [0.25, 0.3) is 11.1 Å². The Kier molecular flexibility index (Phi) is 3.10. The van der Waals surface area contributed by atoms with Crippen molar-refractivity contribution in [2.24, 2.45) is 0 Å². The van der Waals surface area contributed by atoms with Gasteiger partial charge in [0, 0.05) is 24.0 Å². The first kappa shape index (κ1) is 13.9. The smallest absolute Gasteiger partial charge is 0.231 e. The number of hydrogen-bond donors (Lipinski definition) is 1. The summed E-state index contributed by atoms with van der Waals surface area (Å²) < 4.78 is 11.5. The van der Waals surface area contributed by atoms with Crippen molar-refractivity contribution in [2.75, 3.05) is 20.4 Å². The van der Waals surface area contributed by atoms with E-state index in [1.165, 1.54) is 34.4 Å². The van der Waals surface area contributed by atoms with Gasteiger partial charge in [0.25, 0.3) is 0 Å². The topological polar surface area (TPSA) is 22.9 Å². The average Bonchev–Trinajstić information content (AvgIpc) is 2.98. The molecule has 0 amide bonds. The lowest BCUT2D eigenvalue weighted by Gasteiger charge is -2.37. The van der Waals surface area contributed by atoms with Gasteiger partial charge in [0.15, 0.2) is 11.5 Å². The molecule has 22 heavy (non-hydrogen) atoms. The van der Waals surface area contributed by atoms with Gasteiger partial charge in [-0.3, -0.25) is 0 Å². The molecule has 4 heteroatoms. The van der Waals surface area contributed by atoms with Crippen LogP contribution >= 0.6 is 0 Å². The zero-order chi connectivity index (χ0) is 14.0. The Morgan fingerprint density at radius 3 is 2.91 bits per heavy atom. The van der Waals surface area contributed by atoms with Gasteiger partial charge in [-0.2, -0.15) is 0 Å². The molecule has 0 saturated heterocycles. The highest BCUT2D eigenvalue weighted by Crippen LogP contribution is 2.51. The van der Waals surface area contributed by atoms with Crippen molar-refractivity contribution < 1.29 is 26.8 Å². The molecule has 3 nitrogen and oxygen atoms in total. The predicted octanol–water partition coefficient (Wildman–Crippen LogP) is -1.25. The third-order valence-corrected chi connectivity index (χ3v) is 5.23. The third-order valence-electron chi connectivity index (χ3n) is 5.23. The first-order valence-electron chi connectivity index (χ1n) is 7.69. The Morgan fingerprint density at radius 2 is 2.00 bits per heavy atom. The number of nitrogens with one attached hydrogen (secondary N) is 1. The molecular weight excluding hydrogens is 298 g/mol. The molecule has 2 heterocycles. The van der Waals surface area contributed by atoms with Gasteiger partial charge in [-0.05, 0) is 22.8 Å². The van der Waals surface area contributed by atoms with Crippen LogP contribution in [0.4, 0.5) is 0 Å². The summed E-state index contributed by atoms with van der Waals surface area (Å²) in [4.78, 5) is 1.61. The predicted molar refractivity (Wildman–Crippen MR) is 79.9 cm³/mol. The molecule has 0 radical (unpaired) electrons. The van der Waals surface area contributed by atoms with Gasteiger partial charge in [-0.25, -0.2) is 0 Å². The number of hydrogen-bond acceptors (Lipinski definition) is 2. The van der Waals surface area contributed by atoms with Crippen molar-refractivity contribution in [3.8, 4) is 22.6 Å².